The van der Waals surface area contributed by atoms with Gasteiger partial charge in [-0.15, -0.1) is 0 Å². The molecule has 0 bridgehead atoms. The number of rotatable bonds is 4. The van der Waals surface area contributed by atoms with E-state index in [-0.39, 0.29) is 0 Å². The second kappa shape index (κ2) is 4.95. The molecular weight excluding hydrogens is 232 g/mol. The van der Waals surface area contributed by atoms with Crippen LogP contribution in [0.25, 0.3) is 0 Å². The van der Waals surface area contributed by atoms with Gasteiger partial charge in [0.15, 0.2) is 11.5 Å². The number of methoxy groups -OCH3 is 2. The quantitative estimate of drug-likeness (QED) is 0.880. The molecule has 0 aliphatic rings. The molecule has 0 unspecified atom stereocenters. The fourth-order valence-electron chi connectivity index (χ4n) is 1.73. The van der Waals surface area contributed by atoms with E-state index in [0.717, 1.165) is 11.3 Å². The van der Waals surface area contributed by atoms with E-state index in [9.17, 15) is 0 Å². The Labute approximate surface area is 105 Å². The van der Waals surface area contributed by atoms with Gasteiger partial charge in [-0.05, 0) is 6.92 Å². The molecular formula is C12H16N4O2. The summed E-state index contributed by atoms with van der Waals surface area (Å²) in [5, 5.41) is 4.19. The van der Waals surface area contributed by atoms with Gasteiger partial charge in [0.2, 0.25) is 0 Å². The van der Waals surface area contributed by atoms with E-state index < -0.39 is 0 Å². The maximum atomic E-state index is 5.71. The summed E-state index contributed by atoms with van der Waals surface area (Å²) in [6.45, 7) is 2.40. The molecule has 96 valence electrons. The van der Waals surface area contributed by atoms with Crippen molar-refractivity contribution >= 4 is 5.82 Å². The van der Waals surface area contributed by atoms with Crippen molar-refractivity contribution in [3.8, 4) is 11.5 Å². The lowest BCUT2D eigenvalue weighted by Crippen LogP contribution is -2.06. The number of nitrogens with two attached hydrogens (primary N) is 1. The van der Waals surface area contributed by atoms with Crippen LogP contribution in [0.2, 0.25) is 0 Å². The van der Waals surface area contributed by atoms with Crippen LogP contribution in [-0.2, 0) is 6.54 Å². The zero-order valence-electron chi connectivity index (χ0n) is 10.7. The van der Waals surface area contributed by atoms with E-state index in [1.807, 2.05) is 13.1 Å². The lowest BCUT2D eigenvalue weighted by Gasteiger charge is -2.11. The summed E-state index contributed by atoms with van der Waals surface area (Å²) in [6, 6.07) is 1.75. The third-order valence-corrected chi connectivity index (χ3v) is 2.66. The molecule has 0 amide bonds. The fraction of sp³-hybridized carbons (Fsp3) is 0.333. The normalized spacial score (nSPS) is 10.4. The Hall–Kier alpha value is -2.24. The number of ether oxygens (including phenoxy) is 2. The van der Waals surface area contributed by atoms with Gasteiger partial charge in [0.05, 0.1) is 20.8 Å². The van der Waals surface area contributed by atoms with Crippen LogP contribution in [0.15, 0.2) is 18.5 Å². The smallest absolute Gasteiger partial charge is 0.184 e. The molecule has 0 aliphatic heterocycles. The van der Waals surface area contributed by atoms with Crippen molar-refractivity contribution in [1.82, 2.24) is 14.8 Å². The van der Waals surface area contributed by atoms with Gasteiger partial charge in [0.25, 0.3) is 0 Å². The standard InChI is InChI=1S/C12H16N4O2/c1-8-6-16(15-12(8)13)7-9-11(18-3)10(17-2)4-5-14-9/h4-6H,7H2,1-3H3,(H2,13,15). The zero-order chi connectivity index (χ0) is 13.1. The van der Waals surface area contributed by atoms with Gasteiger partial charge in [-0.3, -0.25) is 9.67 Å². The number of nitrogens with zero attached hydrogens (tertiary/aromatic N) is 3. The summed E-state index contributed by atoms with van der Waals surface area (Å²) in [7, 11) is 3.18. The Balaban J connectivity index is 2.33. The number of hydrogen-bond acceptors (Lipinski definition) is 5. The van der Waals surface area contributed by atoms with Crippen molar-refractivity contribution in [2.45, 2.75) is 13.5 Å². The molecule has 6 heteroatoms. The van der Waals surface area contributed by atoms with Gasteiger partial charge < -0.3 is 15.2 Å². The highest BCUT2D eigenvalue weighted by Crippen LogP contribution is 2.29. The Morgan fingerprint density at radius 1 is 1.33 bits per heavy atom. The average molecular weight is 248 g/mol. The molecule has 2 rings (SSSR count). The second-order valence-electron chi connectivity index (χ2n) is 3.89. The summed E-state index contributed by atoms with van der Waals surface area (Å²) in [4.78, 5) is 4.29. The highest BCUT2D eigenvalue weighted by molar-refractivity contribution is 5.43. The highest BCUT2D eigenvalue weighted by Gasteiger charge is 2.12. The number of aryl methyl sites for hydroxylation is 1. The number of aromatic nitrogens is 3. The van der Waals surface area contributed by atoms with Crippen molar-refractivity contribution in [3.05, 3.63) is 29.7 Å². The van der Waals surface area contributed by atoms with Crippen molar-refractivity contribution in [3.63, 3.8) is 0 Å². The average Bonchev–Trinajstić information content (AvgIpc) is 2.68. The molecule has 2 aromatic rings. The molecule has 0 atom stereocenters. The van der Waals surface area contributed by atoms with Crippen molar-refractivity contribution in [2.75, 3.05) is 20.0 Å². The minimum Gasteiger partial charge on any atom is -0.493 e. The predicted molar refractivity (Wildman–Crippen MR) is 67.8 cm³/mol. The van der Waals surface area contributed by atoms with Crippen LogP contribution >= 0.6 is 0 Å². The molecule has 0 aliphatic carbocycles. The van der Waals surface area contributed by atoms with E-state index in [1.165, 1.54) is 0 Å². The lowest BCUT2D eigenvalue weighted by molar-refractivity contribution is 0.348. The monoisotopic (exact) mass is 248 g/mol. The first-order chi connectivity index (χ1) is 8.65. The molecule has 0 radical (unpaired) electrons. The van der Waals surface area contributed by atoms with Crippen LogP contribution in [0.1, 0.15) is 11.3 Å². The first-order valence-electron chi connectivity index (χ1n) is 5.51. The topological polar surface area (TPSA) is 75.2 Å². The van der Waals surface area contributed by atoms with Crippen LogP contribution in [0.4, 0.5) is 5.82 Å². The molecule has 0 aromatic carbocycles. The van der Waals surface area contributed by atoms with Gasteiger partial charge in [-0.1, -0.05) is 0 Å². The minimum atomic E-state index is 0.485. The Morgan fingerprint density at radius 3 is 2.67 bits per heavy atom. The summed E-state index contributed by atoms with van der Waals surface area (Å²) in [5.74, 6) is 1.79. The van der Waals surface area contributed by atoms with E-state index in [0.29, 0.717) is 23.9 Å². The third kappa shape index (κ3) is 2.22. The van der Waals surface area contributed by atoms with Crippen LogP contribution in [0.5, 0.6) is 11.5 Å². The van der Waals surface area contributed by atoms with Gasteiger partial charge in [0, 0.05) is 24.0 Å². The Bertz CT molecular complexity index is 532. The number of nitrogen functional groups attached to an aromatic ring is 1. The second-order valence-corrected chi connectivity index (χ2v) is 3.89. The largest absolute Gasteiger partial charge is 0.493 e. The van der Waals surface area contributed by atoms with Gasteiger partial charge in [-0.25, -0.2) is 0 Å². The van der Waals surface area contributed by atoms with Crippen LogP contribution in [0.3, 0.4) is 0 Å². The molecule has 2 N–H and O–H groups in total. The molecule has 0 saturated heterocycles. The van der Waals surface area contributed by atoms with Gasteiger partial charge >= 0.3 is 0 Å². The summed E-state index contributed by atoms with van der Waals surface area (Å²) in [5.41, 5.74) is 7.40. The summed E-state index contributed by atoms with van der Waals surface area (Å²) >= 11 is 0. The number of anilines is 1. The van der Waals surface area contributed by atoms with Gasteiger partial charge in [0.1, 0.15) is 11.5 Å². The number of hydrogen-bond donors (Lipinski definition) is 1. The van der Waals surface area contributed by atoms with Gasteiger partial charge in [-0.2, -0.15) is 5.10 Å². The van der Waals surface area contributed by atoms with E-state index in [2.05, 4.69) is 10.1 Å². The Kier molecular flexibility index (Phi) is 3.36. The molecule has 6 nitrogen and oxygen atoms in total. The highest BCUT2D eigenvalue weighted by atomic mass is 16.5. The van der Waals surface area contributed by atoms with Crippen molar-refractivity contribution in [1.29, 1.82) is 0 Å². The predicted octanol–water partition coefficient (Wildman–Crippen LogP) is 1.23. The summed E-state index contributed by atoms with van der Waals surface area (Å²) in [6.07, 6.45) is 3.55. The summed E-state index contributed by atoms with van der Waals surface area (Å²) < 4.78 is 12.3. The molecule has 18 heavy (non-hydrogen) atoms. The first-order valence-corrected chi connectivity index (χ1v) is 5.51. The third-order valence-electron chi connectivity index (χ3n) is 2.66. The van der Waals surface area contributed by atoms with Crippen molar-refractivity contribution in [2.24, 2.45) is 0 Å². The number of pyridine rings is 1. The van der Waals surface area contributed by atoms with E-state index >= 15 is 0 Å². The molecule has 2 aromatic heterocycles. The lowest BCUT2D eigenvalue weighted by atomic mass is 10.3. The zero-order valence-corrected chi connectivity index (χ0v) is 10.7. The van der Waals surface area contributed by atoms with Crippen LogP contribution in [-0.4, -0.2) is 29.0 Å². The van der Waals surface area contributed by atoms with Crippen LogP contribution < -0.4 is 15.2 Å². The van der Waals surface area contributed by atoms with E-state index in [1.54, 1.807) is 31.2 Å². The van der Waals surface area contributed by atoms with Crippen molar-refractivity contribution < 1.29 is 9.47 Å². The molecule has 2 heterocycles. The maximum Gasteiger partial charge on any atom is 0.184 e. The Morgan fingerprint density at radius 2 is 2.11 bits per heavy atom. The first kappa shape index (κ1) is 12.2. The van der Waals surface area contributed by atoms with E-state index in [4.69, 9.17) is 15.2 Å². The van der Waals surface area contributed by atoms with Crippen LogP contribution in [0, 0.1) is 6.92 Å². The molecule has 0 fully saturated rings. The SMILES string of the molecule is COc1ccnc(Cn2cc(C)c(N)n2)c1OC. The fourth-order valence-corrected chi connectivity index (χ4v) is 1.73. The molecule has 0 spiro atoms. The maximum absolute atomic E-state index is 5.71. The minimum absolute atomic E-state index is 0.485. The molecule has 0 saturated carbocycles.